The van der Waals surface area contributed by atoms with Gasteiger partial charge in [-0.2, -0.15) is 0 Å². The Hall–Kier alpha value is -1.42. The zero-order valence-electron chi connectivity index (χ0n) is 9.86. The number of amides is 1. The van der Waals surface area contributed by atoms with Crippen LogP contribution in [0.1, 0.15) is 23.2 Å². The van der Waals surface area contributed by atoms with Crippen LogP contribution < -0.4 is 0 Å². The van der Waals surface area contributed by atoms with Gasteiger partial charge in [-0.3, -0.25) is 4.79 Å². The van der Waals surface area contributed by atoms with Gasteiger partial charge in [0.25, 0.3) is 5.91 Å². The van der Waals surface area contributed by atoms with Crippen molar-refractivity contribution in [2.75, 3.05) is 20.3 Å². The molecule has 0 spiro atoms. The molecule has 0 radical (unpaired) electrons. The fourth-order valence-electron chi connectivity index (χ4n) is 2.03. The maximum atomic E-state index is 12.8. The first kappa shape index (κ1) is 12.0. The Balaban J connectivity index is 2.05. The van der Waals surface area contributed by atoms with Gasteiger partial charge >= 0.3 is 0 Å². The van der Waals surface area contributed by atoms with E-state index in [9.17, 15) is 9.18 Å². The van der Waals surface area contributed by atoms with Crippen molar-refractivity contribution in [3.8, 4) is 0 Å². The summed E-state index contributed by atoms with van der Waals surface area (Å²) < 4.78 is 18.0. The molecule has 1 aliphatic rings. The Bertz CT molecular complexity index is 385. The highest BCUT2D eigenvalue weighted by atomic mass is 19.1. The Morgan fingerprint density at radius 3 is 2.47 bits per heavy atom. The lowest BCUT2D eigenvalue weighted by molar-refractivity contribution is 0.0362. The van der Waals surface area contributed by atoms with Crippen LogP contribution in [0.4, 0.5) is 4.39 Å². The first-order valence-corrected chi connectivity index (χ1v) is 5.79. The summed E-state index contributed by atoms with van der Waals surface area (Å²) in [5.74, 6) is -0.382. The van der Waals surface area contributed by atoms with Gasteiger partial charge in [-0.05, 0) is 37.1 Å². The Labute approximate surface area is 100 Å². The molecule has 3 nitrogen and oxygen atoms in total. The van der Waals surface area contributed by atoms with Crippen molar-refractivity contribution in [3.63, 3.8) is 0 Å². The molecule has 1 amide bonds. The molecule has 1 saturated heterocycles. The summed E-state index contributed by atoms with van der Waals surface area (Å²) in [6.07, 6.45) is 1.73. The molecule has 1 aromatic carbocycles. The molecule has 17 heavy (non-hydrogen) atoms. The lowest BCUT2D eigenvalue weighted by Crippen LogP contribution is -2.40. The second-order valence-corrected chi connectivity index (χ2v) is 4.27. The zero-order chi connectivity index (χ0) is 12.3. The van der Waals surface area contributed by atoms with Gasteiger partial charge in [0.05, 0.1) is 0 Å². The van der Waals surface area contributed by atoms with Crippen LogP contribution in [-0.2, 0) is 4.74 Å². The molecule has 4 heteroatoms. The van der Waals surface area contributed by atoms with Crippen LogP contribution in [0.3, 0.4) is 0 Å². The minimum Gasteiger partial charge on any atom is -0.381 e. The van der Waals surface area contributed by atoms with Crippen LogP contribution in [0.2, 0.25) is 0 Å². The average Bonchev–Trinajstić information content (AvgIpc) is 2.39. The summed E-state index contributed by atoms with van der Waals surface area (Å²) in [6.45, 7) is 1.40. The molecule has 0 unspecified atom stereocenters. The summed E-state index contributed by atoms with van der Waals surface area (Å²) in [6, 6.07) is 5.89. The lowest BCUT2D eigenvalue weighted by atomic mass is 10.1. The maximum Gasteiger partial charge on any atom is 0.253 e. The molecule has 2 rings (SSSR count). The second-order valence-electron chi connectivity index (χ2n) is 4.27. The molecule has 0 aliphatic carbocycles. The van der Waals surface area contributed by atoms with Crippen molar-refractivity contribution in [1.82, 2.24) is 4.90 Å². The van der Waals surface area contributed by atoms with Crippen LogP contribution >= 0.6 is 0 Å². The van der Waals surface area contributed by atoms with Crippen molar-refractivity contribution in [1.29, 1.82) is 0 Å². The zero-order valence-corrected chi connectivity index (χ0v) is 9.86. The number of rotatable bonds is 2. The highest BCUT2D eigenvalue weighted by molar-refractivity contribution is 5.94. The van der Waals surface area contributed by atoms with Crippen LogP contribution in [0.5, 0.6) is 0 Å². The molecule has 92 valence electrons. The number of halogens is 1. The standard InChI is InChI=1S/C13H16FNO2/c1-15(12-6-8-17-9-7-12)13(16)10-2-4-11(14)5-3-10/h2-5,12H,6-9H2,1H3. The van der Waals surface area contributed by atoms with Crippen molar-refractivity contribution in [2.24, 2.45) is 0 Å². The second kappa shape index (κ2) is 5.27. The van der Waals surface area contributed by atoms with E-state index in [2.05, 4.69) is 0 Å². The highest BCUT2D eigenvalue weighted by Gasteiger charge is 2.23. The van der Waals surface area contributed by atoms with Gasteiger partial charge in [0.2, 0.25) is 0 Å². The predicted octanol–water partition coefficient (Wildman–Crippen LogP) is 2.08. The molecule has 1 aromatic rings. The quantitative estimate of drug-likeness (QED) is 0.788. The fourth-order valence-corrected chi connectivity index (χ4v) is 2.03. The SMILES string of the molecule is CN(C(=O)c1ccc(F)cc1)C1CCOCC1. The molecule has 0 saturated carbocycles. The van der Waals surface area contributed by atoms with Gasteiger partial charge in [0.1, 0.15) is 5.82 Å². The molecule has 1 aliphatic heterocycles. The number of ether oxygens (including phenoxy) is 1. The summed E-state index contributed by atoms with van der Waals surface area (Å²) in [5, 5.41) is 0. The monoisotopic (exact) mass is 237 g/mol. The average molecular weight is 237 g/mol. The van der Waals surface area contributed by atoms with E-state index in [0.29, 0.717) is 18.8 Å². The molecule has 0 bridgehead atoms. The third-order valence-electron chi connectivity index (χ3n) is 3.15. The van der Waals surface area contributed by atoms with E-state index in [4.69, 9.17) is 4.74 Å². The van der Waals surface area contributed by atoms with Crippen molar-refractivity contribution in [3.05, 3.63) is 35.6 Å². The maximum absolute atomic E-state index is 12.8. The molecule has 1 fully saturated rings. The van der Waals surface area contributed by atoms with E-state index in [1.54, 1.807) is 11.9 Å². The number of hydrogen-bond donors (Lipinski definition) is 0. The van der Waals surface area contributed by atoms with E-state index in [1.807, 2.05) is 0 Å². The topological polar surface area (TPSA) is 29.5 Å². The Morgan fingerprint density at radius 2 is 1.88 bits per heavy atom. The van der Waals surface area contributed by atoms with Gasteiger partial charge in [0, 0.05) is 31.9 Å². The summed E-state index contributed by atoms with van der Waals surface area (Å²) >= 11 is 0. The van der Waals surface area contributed by atoms with Crippen LogP contribution in [0.15, 0.2) is 24.3 Å². The van der Waals surface area contributed by atoms with Gasteiger partial charge in [-0.15, -0.1) is 0 Å². The normalized spacial score (nSPS) is 16.8. The van der Waals surface area contributed by atoms with Gasteiger partial charge in [-0.25, -0.2) is 4.39 Å². The van der Waals surface area contributed by atoms with Crippen molar-refractivity contribution >= 4 is 5.91 Å². The number of carbonyl (C=O) groups is 1. The highest BCUT2D eigenvalue weighted by Crippen LogP contribution is 2.15. The molecule has 0 N–H and O–H groups in total. The van der Waals surface area contributed by atoms with Crippen molar-refractivity contribution < 1.29 is 13.9 Å². The van der Waals surface area contributed by atoms with E-state index in [0.717, 1.165) is 12.8 Å². The number of carbonyl (C=O) groups excluding carboxylic acids is 1. The summed E-state index contributed by atoms with van der Waals surface area (Å²) in [4.78, 5) is 13.8. The Kier molecular flexibility index (Phi) is 3.74. The largest absolute Gasteiger partial charge is 0.381 e. The predicted molar refractivity (Wildman–Crippen MR) is 62.3 cm³/mol. The van der Waals surface area contributed by atoms with Gasteiger partial charge in [0.15, 0.2) is 0 Å². The number of nitrogens with zero attached hydrogens (tertiary/aromatic N) is 1. The molecule has 1 heterocycles. The van der Waals surface area contributed by atoms with Crippen molar-refractivity contribution in [2.45, 2.75) is 18.9 Å². The molecular weight excluding hydrogens is 221 g/mol. The van der Waals surface area contributed by atoms with E-state index in [-0.39, 0.29) is 17.8 Å². The minimum absolute atomic E-state index is 0.0584. The molecular formula is C13H16FNO2. The van der Waals surface area contributed by atoms with E-state index < -0.39 is 0 Å². The number of hydrogen-bond acceptors (Lipinski definition) is 2. The number of benzene rings is 1. The lowest BCUT2D eigenvalue weighted by Gasteiger charge is -2.31. The van der Waals surface area contributed by atoms with Crippen LogP contribution in [0, 0.1) is 5.82 Å². The van der Waals surface area contributed by atoms with E-state index >= 15 is 0 Å². The molecule has 0 aromatic heterocycles. The van der Waals surface area contributed by atoms with Gasteiger partial charge < -0.3 is 9.64 Å². The summed E-state index contributed by atoms with van der Waals surface area (Å²) in [5.41, 5.74) is 0.528. The first-order valence-electron chi connectivity index (χ1n) is 5.79. The van der Waals surface area contributed by atoms with Gasteiger partial charge in [-0.1, -0.05) is 0 Å². The Morgan fingerprint density at radius 1 is 1.29 bits per heavy atom. The van der Waals surface area contributed by atoms with Crippen LogP contribution in [-0.4, -0.2) is 37.1 Å². The van der Waals surface area contributed by atoms with Crippen LogP contribution in [0.25, 0.3) is 0 Å². The fraction of sp³-hybridized carbons (Fsp3) is 0.462. The first-order chi connectivity index (χ1) is 8.18. The van der Waals surface area contributed by atoms with E-state index in [1.165, 1.54) is 24.3 Å². The third kappa shape index (κ3) is 2.82. The third-order valence-corrected chi connectivity index (χ3v) is 3.15. The summed E-state index contributed by atoms with van der Waals surface area (Å²) in [7, 11) is 1.79. The smallest absolute Gasteiger partial charge is 0.253 e. The minimum atomic E-state index is -0.324. The molecule has 0 atom stereocenters.